The Morgan fingerprint density at radius 3 is 1.03 bits per heavy atom. The molecule has 79 heavy (non-hydrogen) atoms. The van der Waals surface area contributed by atoms with E-state index in [1.54, 1.807) is 0 Å². The van der Waals surface area contributed by atoms with Crippen molar-refractivity contribution in [3.05, 3.63) is 85.1 Å². The number of esters is 2. The number of unbranched alkanes of at least 4 members (excludes halogenated alkanes) is 31. The summed E-state index contributed by atoms with van der Waals surface area (Å²) in [5.41, 5.74) is 0. The van der Waals surface area contributed by atoms with Crippen LogP contribution in [0.4, 0.5) is 0 Å². The van der Waals surface area contributed by atoms with Gasteiger partial charge in [-0.3, -0.25) is 9.59 Å². The molecule has 2 unspecified atom stereocenters. The molecule has 0 aromatic rings. The van der Waals surface area contributed by atoms with Gasteiger partial charge in [0.15, 0.2) is 12.4 Å². The summed E-state index contributed by atoms with van der Waals surface area (Å²) in [6, 6.07) is 0. The number of ether oxygens (including phenoxy) is 4. The number of aliphatic carboxylic acids is 1. The molecular weight excluding hydrogens is 983 g/mol. The van der Waals surface area contributed by atoms with Crippen molar-refractivity contribution in [2.45, 2.75) is 296 Å². The average molecular weight is 1110 g/mol. The summed E-state index contributed by atoms with van der Waals surface area (Å²) < 4.78 is 22.7. The average Bonchev–Trinajstić information content (AvgIpc) is 3.42. The Labute approximate surface area is 487 Å². The van der Waals surface area contributed by atoms with E-state index in [0.717, 1.165) is 77.0 Å². The SMILES string of the molecule is CC/C=C\C/C=C\C/C=C\C/C=C\CCCCCCCCCCCCCCCCCCCCCCCCCCCCCCC(=O)OC(COC(=O)CCCCC/C=C\C/C=C\C/C=C\CC)COC(OCC[N+](C)(C)C)C(=O)[O-]. The summed E-state index contributed by atoms with van der Waals surface area (Å²) in [6.45, 7) is 4.50. The van der Waals surface area contributed by atoms with Crippen molar-refractivity contribution in [2.75, 3.05) is 47.5 Å². The number of carboxylic acids is 1. The number of carbonyl (C=O) groups is 3. The first-order valence-electron chi connectivity index (χ1n) is 32.7. The van der Waals surface area contributed by atoms with Gasteiger partial charge >= 0.3 is 11.9 Å². The number of nitrogens with zero attached hydrogens (tertiary/aromatic N) is 1. The predicted octanol–water partition coefficient (Wildman–Crippen LogP) is 18.6. The van der Waals surface area contributed by atoms with Crippen molar-refractivity contribution in [3.8, 4) is 0 Å². The van der Waals surface area contributed by atoms with Crippen LogP contribution in [0.15, 0.2) is 85.1 Å². The Morgan fingerprint density at radius 1 is 0.380 bits per heavy atom. The molecule has 0 saturated heterocycles. The molecule has 0 amide bonds. The van der Waals surface area contributed by atoms with Crippen molar-refractivity contribution >= 4 is 17.9 Å². The molecule has 0 radical (unpaired) electrons. The maximum Gasteiger partial charge on any atom is 0.306 e. The highest BCUT2D eigenvalue weighted by molar-refractivity contribution is 5.70. The van der Waals surface area contributed by atoms with Gasteiger partial charge in [-0.05, 0) is 83.5 Å². The molecule has 0 spiro atoms. The van der Waals surface area contributed by atoms with Crippen molar-refractivity contribution < 1.29 is 42.9 Å². The fourth-order valence-electron chi connectivity index (χ4n) is 9.19. The predicted molar refractivity (Wildman–Crippen MR) is 334 cm³/mol. The van der Waals surface area contributed by atoms with Crippen LogP contribution in [0.3, 0.4) is 0 Å². The molecule has 456 valence electrons. The molecule has 9 heteroatoms. The van der Waals surface area contributed by atoms with E-state index in [9.17, 15) is 19.5 Å². The molecule has 0 fully saturated rings. The Bertz CT molecular complexity index is 1570. The highest BCUT2D eigenvalue weighted by atomic mass is 16.7. The minimum atomic E-state index is -1.63. The van der Waals surface area contributed by atoms with Crippen LogP contribution in [-0.4, -0.2) is 82.3 Å². The summed E-state index contributed by atoms with van der Waals surface area (Å²) in [6.07, 6.45) is 78.4. The van der Waals surface area contributed by atoms with E-state index in [-0.39, 0.29) is 38.6 Å². The van der Waals surface area contributed by atoms with E-state index >= 15 is 0 Å². The van der Waals surface area contributed by atoms with Gasteiger partial charge in [0.05, 0.1) is 40.3 Å². The standard InChI is InChI=1S/C70H123NO8/c1-6-8-10-12-14-16-18-20-21-22-23-24-25-26-27-28-29-30-31-32-33-34-35-36-37-38-39-40-41-42-43-44-45-46-47-49-51-53-55-57-59-61-68(73)79-66(65-78-70(69(74)75)76-63-62-71(3,4)5)64-77-67(72)60-58-56-54-52-50-48-19-17-15-13-11-9-7-2/h8-11,14-17,20-21,23-24,48,50,66,70H,6-7,12-13,18-19,22,25-47,49,51-65H2,1-5H3/b10-8-,11-9-,16-14-,17-15-,21-20-,24-23-,50-48-. The van der Waals surface area contributed by atoms with Gasteiger partial charge in [0.2, 0.25) is 0 Å². The smallest absolute Gasteiger partial charge is 0.306 e. The highest BCUT2D eigenvalue weighted by Crippen LogP contribution is 2.18. The van der Waals surface area contributed by atoms with Gasteiger partial charge < -0.3 is 33.3 Å². The van der Waals surface area contributed by atoms with Gasteiger partial charge in [-0.25, -0.2) is 0 Å². The zero-order valence-electron chi connectivity index (χ0n) is 52.0. The van der Waals surface area contributed by atoms with Crippen LogP contribution in [0, 0.1) is 0 Å². The monoisotopic (exact) mass is 1110 g/mol. The third-order valence-electron chi connectivity index (χ3n) is 14.1. The van der Waals surface area contributed by atoms with Gasteiger partial charge in [0, 0.05) is 12.8 Å². The largest absolute Gasteiger partial charge is 0.545 e. The molecule has 9 nitrogen and oxygen atoms in total. The minimum Gasteiger partial charge on any atom is -0.545 e. The van der Waals surface area contributed by atoms with Crippen LogP contribution in [-0.2, 0) is 33.3 Å². The van der Waals surface area contributed by atoms with E-state index in [1.807, 2.05) is 21.1 Å². The van der Waals surface area contributed by atoms with Gasteiger partial charge in [-0.2, -0.15) is 0 Å². The second kappa shape index (κ2) is 60.6. The number of rotatable bonds is 60. The zero-order valence-corrected chi connectivity index (χ0v) is 52.0. The number of carbonyl (C=O) groups excluding carboxylic acids is 3. The topological polar surface area (TPSA) is 111 Å². The lowest BCUT2D eigenvalue weighted by molar-refractivity contribution is -0.870. The molecule has 0 heterocycles. The Balaban J connectivity index is 3.91. The lowest BCUT2D eigenvalue weighted by Crippen LogP contribution is -2.44. The number of likely N-dealkylation sites (N-methyl/N-ethyl adjacent to an activating group) is 1. The molecular formula is C70H123NO8. The molecule has 0 aromatic carbocycles. The molecule has 0 N–H and O–H groups in total. The lowest BCUT2D eigenvalue weighted by atomic mass is 10.0. The van der Waals surface area contributed by atoms with Gasteiger partial charge in [-0.15, -0.1) is 0 Å². The number of carboxylic acid groups (broad SMARTS) is 1. The van der Waals surface area contributed by atoms with Gasteiger partial charge in [0.1, 0.15) is 13.2 Å². The first kappa shape index (κ1) is 75.5. The van der Waals surface area contributed by atoms with E-state index in [1.165, 1.54) is 167 Å². The number of hydrogen-bond donors (Lipinski definition) is 0. The van der Waals surface area contributed by atoms with Gasteiger partial charge in [0.25, 0.3) is 0 Å². The van der Waals surface area contributed by atoms with Crippen molar-refractivity contribution in [3.63, 3.8) is 0 Å². The Kier molecular flexibility index (Phi) is 57.9. The summed E-state index contributed by atoms with van der Waals surface area (Å²) in [5.74, 6) is -2.32. The second-order valence-electron chi connectivity index (χ2n) is 23.0. The van der Waals surface area contributed by atoms with E-state index in [2.05, 4.69) is 98.9 Å². The van der Waals surface area contributed by atoms with Crippen molar-refractivity contribution in [2.24, 2.45) is 0 Å². The fraction of sp³-hybridized carbons (Fsp3) is 0.757. The van der Waals surface area contributed by atoms with Gasteiger partial charge in [-0.1, -0.05) is 272 Å². The first-order chi connectivity index (χ1) is 38.6. The first-order valence-corrected chi connectivity index (χ1v) is 32.7. The third-order valence-corrected chi connectivity index (χ3v) is 14.1. The molecule has 0 aliphatic carbocycles. The van der Waals surface area contributed by atoms with E-state index < -0.39 is 24.3 Å². The normalized spacial score (nSPS) is 13.3. The molecule has 0 rings (SSSR count). The maximum atomic E-state index is 12.9. The summed E-state index contributed by atoms with van der Waals surface area (Å²) in [4.78, 5) is 37.2. The lowest BCUT2D eigenvalue weighted by Gasteiger charge is -2.26. The minimum absolute atomic E-state index is 0.142. The van der Waals surface area contributed by atoms with Crippen LogP contribution < -0.4 is 5.11 Å². The second-order valence-corrected chi connectivity index (χ2v) is 23.0. The quantitative estimate of drug-likeness (QED) is 0.0195. The maximum absolute atomic E-state index is 12.9. The zero-order chi connectivity index (χ0) is 57.6. The highest BCUT2D eigenvalue weighted by Gasteiger charge is 2.22. The molecule has 2 atom stereocenters. The molecule has 0 aliphatic rings. The van der Waals surface area contributed by atoms with Crippen molar-refractivity contribution in [1.82, 2.24) is 0 Å². The van der Waals surface area contributed by atoms with Crippen LogP contribution in [0.25, 0.3) is 0 Å². The summed E-state index contributed by atoms with van der Waals surface area (Å²) in [7, 11) is 5.91. The molecule has 0 aromatic heterocycles. The van der Waals surface area contributed by atoms with Crippen LogP contribution in [0.1, 0.15) is 284 Å². The summed E-state index contributed by atoms with van der Waals surface area (Å²) >= 11 is 0. The fourth-order valence-corrected chi connectivity index (χ4v) is 9.19. The van der Waals surface area contributed by atoms with Crippen LogP contribution >= 0.6 is 0 Å². The molecule has 0 bridgehead atoms. The number of hydrogen-bond acceptors (Lipinski definition) is 8. The van der Waals surface area contributed by atoms with E-state index in [0.29, 0.717) is 23.9 Å². The summed E-state index contributed by atoms with van der Waals surface area (Å²) in [5, 5.41) is 11.8. The molecule has 0 aliphatic heterocycles. The molecule has 0 saturated carbocycles. The number of allylic oxidation sites excluding steroid dienone is 14. The van der Waals surface area contributed by atoms with Crippen LogP contribution in [0.2, 0.25) is 0 Å². The Morgan fingerprint density at radius 2 is 0.684 bits per heavy atom. The third kappa shape index (κ3) is 61.9. The van der Waals surface area contributed by atoms with Crippen molar-refractivity contribution in [1.29, 1.82) is 0 Å². The van der Waals surface area contributed by atoms with Crippen LogP contribution in [0.5, 0.6) is 0 Å². The Hall–Kier alpha value is -3.53. The number of quaternary nitrogens is 1. The van der Waals surface area contributed by atoms with E-state index in [4.69, 9.17) is 18.9 Å².